The number of benzene rings is 8. The van der Waals surface area contributed by atoms with E-state index in [1.807, 2.05) is 48.5 Å². The number of hydrogen-bond acceptors (Lipinski definition) is 8. The van der Waals surface area contributed by atoms with Crippen molar-refractivity contribution in [3.63, 3.8) is 0 Å². The first-order chi connectivity index (χ1) is 39.8. The van der Waals surface area contributed by atoms with E-state index >= 15 is 0 Å². The summed E-state index contributed by atoms with van der Waals surface area (Å²) in [7, 11) is 5.49. The third kappa shape index (κ3) is 11.0. The van der Waals surface area contributed by atoms with Gasteiger partial charge in [0, 0.05) is 44.5 Å². The van der Waals surface area contributed by atoms with E-state index in [1.54, 1.807) is 48.5 Å². The summed E-state index contributed by atoms with van der Waals surface area (Å²) in [6, 6.07) is 64.0. The number of hydrogen-bond donors (Lipinski definition) is 0. The summed E-state index contributed by atoms with van der Waals surface area (Å²) in [6.45, 7) is 0. The molecule has 4 fully saturated rings. The second-order valence-electron chi connectivity index (χ2n) is 21.8. The molecule has 400 valence electrons. The lowest BCUT2D eigenvalue weighted by atomic mass is 9.32. The van der Waals surface area contributed by atoms with Crippen LogP contribution in [0.5, 0.6) is 0 Å². The summed E-state index contributed by atoms with van der Waals surface area (Å²) in [5.74, 6) is 24.9. The highest BCUT2D eigenvalue weighted by molar-refractivity contribution is 5.91. The second-order valence-corrected chi connectivity index (χ2v) is 21.8. The Morgan fingerprint density at radius 3 is 0.634 bits per heavy atom. The van der Waals surface area contributed by atoms with Crippen molar-refractivity contribution in [2.45, 2.75) is 60.2 Å². The number of esters is 4. The lowest BCUT2D eigenvalue weighted by Crippen LogP contribution is -2.67. The molecule has 0 heterocycles. The quantitative estimate of drug-likeness (QED) is 0.0842. The van der Waals surface area contributed by atoms with Crippen molar-refractivity contribution in [2.75, 3.05) is 28.4 Å². The van der Waals surface area contributed by atoms with E-state index in [9.17, 15) is 19.2 Å². The Bertz CT molecular complexity index is 3510. The van der Waals surface area contributed by atoms with Gasteiger partial charge in [0.1, 0.15) is 0 Å². The smallest absolute Gasteiger partial charge is 0.337 e. The molecule has 4 bridgehead atoms. The lowest BCUT2D eigenvalue weighted by Gasteiger charge is -2.71. The molecule has 8 aromatic carbocycles. The van der Waals surface area contributed by atoms with Crippen molar-refractivity contribution in [3.8, 4) is 47.4 Å². The average molecular weight is 1070 g/mol. The Kier molecular flexibility index (Phi) is 14.8. The third-order valence-electron chi connectivity index (χ3n) is 16.6. The molecule has 0 aliphatic heterocycles. The topological polar surface area (TPSA) is 105 Å². The van der Waals surface area contributed by atoms with Gasteiger partial charge in [-0.2, -0.15) is 0 Å². The van der Waals surface area contributed by atoms with E-state index in [1.165, 1.54) is 50.7 Å². The minimum absolute atomic E-state index is 0.273. The molecule has 0 radical (unpaired) electrons. The Balaban J connectivity index is 1.02. The number of carbonyl (C=O) groups is 4. The highest BCUT2D eigenvalue weighted by Crippen LogP contribution is 2.74. The van der Waals surface area contributed by atoms with Crippen LogP contribution >= 0.6 is 0 Å². The maximum absolute atomic E-state index is 12.3. The number of rotatable bonds is 8. The fraction of sp³-hybridized carbons (Fsp3) is 0.189. The van der Waals surface area contributed by atoms with E-state index in [4.69, 9.17) is 18.9 Å². The minimum Gasteiger partial charge on any atom is -0.465 e. The molecule has 82 heavy (non-hydrogen) atoms. The largest absolute Gasteiger partial charge is 0.465 e. The fourth-order valence-electron chi connectivity index (χ4n) is 13.4. The predicted octanol–water partition coefficient (Wildman–Crippen LogP) is 12.9. The van der Waals surface area contributed by atoms with E-state index in [0.717, 1.165) is 83.0 Å². The van der Waals surface area contributed by atoms with Crippen LogP contribution in [0.2, 0.25) is 0 Å². The highest BCUT2D eigenvalue weighted by atomic mass is 16.5. The maximum atomic E-state index is 12.3. The van der Waals surface area contributed by atoms with Gasteiger partial charge in [-0.25, -0.2) is 19.2 Å². The maximum Gasteiger partial charge on any atom is 0.337 e. The van der Waals surface area contributed by atoms with Gasteiger partial charge in [-0.15, -0.1) is 0 Å². The van der Waals surface area contributed by atoms with Crippen LogP contribution in [0.1, 0.15) is 147 Å². The van der Waals surface area contributed by atoms with Crippen molar-refractivity contribution in [3.05, 3.63) is 283 Å². The van der Waals surface area contributed by atoms with Crippen molar-refractivity contribution in [1.82, 2.24) is 0 Å². The van der Waals surface area contributed by atoms with E-state index < -0.39 is 23.9 Å². The molecule has 4 aliphatic rings. The molecule has 0 N–H and O–H groups in total. The molecule has 8 heteroatoms. The Labute approximate surface area is 478 Å². The summed E-state index contributed by atoms with van der Waals surface area (Å²) in [4.78, 5) is 49.3. The van der Waals surface area contributed by atoms with Crippen LogP contribution in [0.15, 0.2) is 194 Å². The van der Waals surface area contributed by atoms with Gasteiger partial charge < -0.3 is 18.9 Å². The summed E-state index contributed by atoms with van der Waals surface area (Å²) in [6.07, 6.45) is 5.60. The Morgan fingerprint density at radius 2 is 0.451 bits per heavy atom. The van der Waals surface area contributed by atoms with E-state index in [-0.39, 0.29) is 21.7 Å². The third-order valence-corrected chi connectivity index (χ3v) is 16.6. The summed E-state index contributed by atoms with van der Waals surface area (Å²) in [5.41, 5.74) is 12.1. The van der Waals surface area contributed by atoms with Gasteiger partial charge in [-0.05, 0) is 204 Å². The first kappa shape index (κ1) is 53.9. The first-order valence-corrected chi connectivity index (χ1v) is 27.1. The number of methoxy groups -OCH3 is 4. The van der Waals surface area contributed by atoms with Crippen molar-refractivity contribution < 1.29 is 38.1 Å². The summed E-state index contributed by atoms with van der Waals surface area (Å²) < 4.78 is 19.9. The lowest BCUT2D eigenvalue weighted by molar-refractivity contribution is -0.0691. The van der Waals surface area contributed by atoms with Gasteiger partial charge >= 0.3 is 23.9 Å². The molecule has 4 aliphatic carbocycles. The molecule has 8 nitrogen and oxygen atoms in total. The van der Waals surface area contributed by atoms with Crippen LogP contribution in [-0.2, 0) is 40.6 Å². The Hall–Kier alpha value is -10.1. The molecule has 0 amide bonds. The van der Waals surface area contributed by atoms with Gasteiger partial charge in [0.15, 0.2) is 0 Å². The van der Waals surface area contributed by atoms with E-state index in [0.29, 0.717) is 22.3 Å². The molecular weight excluding hydrogens is 1020 g/mol. The monoisotopic (exact) mass is 1070 g/mol. The second kappa shape index (κ2) is 22.6. The highest BCUT2D eigenvalue weighted by Gasteiger charge is 2.69. The van der Waals surface area contributed by atoms with Gasteiger partial charge in [-0.1, -0.05) is 120 Å². The zero-order chi connectivity index (χ0) is 56.9. The summed E-state index contributed by atoms with van der Waals surface area (Å²) >= 11 is 0. The van der Waals surface area contributed by atoms with Crippen molar-refractivity contribution in [1.29, 1.82) is 0 Å². The molecule has 0 saturated heterocycles. The van der Waals surface area contributed by atoms with Crippen molar-refractivity contribution in [2.24, 2.45) is 0 Å². The average Bonchev–Trinajstić information content (AvgIpc) is 1.10. The van der Waals surface area contributed by atoms with Crippen LogP contribution < -0.4 is 0 Å². The van der Waals surface area contributed by atoms with Crippen LogP contribution in [0.4, 0.5) is 0 Å². The zero-order valence-corrected chi connectivity index (χ0v) is 46.0. The zero-order valence-electron chi connectivity index (χ0n) is 46.0. The van der Waals surface area contributed by atoms with Crippen LogP contribution in [0, 0.1) is 47.4 Å². The number of carbonyl (C=O) groups excluding carboxylic acids is 4. The van der Waals surface area contributed by atoms with Gasteiger partial charge in [0.05, 0.1) is 50.7 Å². The number of ether oxygens (including phenoxy) is 4. The first-order valence-electron chi connectivity index (χ1n) is 27.1. The van der Waals surface area contributed by atoms with E-state index in [2.05, 4.69) is 144 Å². The molecule has 12 rings (SSSR count). The predicted molar refractivity (Wildman–Crippen MR) is 315 cm³/mol. The standard InChI is InChI=1S/C74H56O8/c1-79-67(75)59-13-5-9-55(41-59)21-17-51-25-33-63(34-26-51)71-45-72(64-35-27-52(28-36-64)18-22-56-10-6-14-60(42-56)68(76)80-2)48-73(46-71,65-37-29-53(30-38-65)19-23-57-11-7-15-61(43-57)69(77)81-3)50-74(47-71,49-72)66-39-31-54(32-40-66)20-24-58-12-8-16-62(44-58)70(78)82-4/h5-16,25-44H,45-50H2,1-4H3. The van der Waals surface area contributed by atoms with Crippen LogP contribution in [-0.4, -0.2) is 52.3 Å². The SMILES string of the molecule is COC(=O)c1cccc(C#Cc2ccc(C34CC5(c6ccc(C#Cc7cccc(C(=O)OC)c7)cc6)CC(c6ccc(C#Cc7cccc(C(=O)OC)c7)cc6)(C3)CC(c3ccc(C#Cc6cccc(C(=O)OC)c6)cc3)(C4)C5)cc2)c1. The minimum atomic E-state index is -0.407. The van der Waals surface area contributed by atoms with Crippen molar-refractivity contribution >= 4 is 23.9 Å². The molecule has 8 aromatic rings. The molecule has 4 saturated carbocycles. The van der Waals surface area contributed by atoms with Gasteiger partial charge in [0.2, 0.25) is 0 Å². The Morgan fingerprint density at radius 1 is 0.268 bits per heavy atom. The molecule has 0 aromatic heterocycles. The fourth-order valence-corrected chi connectivity index (χ4v) is 13.4. The summed E-state index contributed by atoms with van der Waals surface area (Å²) in [5, 5.41) is 0. The molecular formula is C74H56O8. The van der Waals surface area contributed by atoms with Gasteiger partial charge in [0.25, 0.3) is 0 Å². The van der Waals surface area contributed by atoms with Crippen LogP contribution in [0.25, 0.3) is 0 Å². The molecule has 0 unspecified atom stereocenters. The van der Waals surface area contributed by atoms with Crippen LogP contribution in [0.3, 0.4) is 0 Å². The molecule has 0 atom stereocenters. The molecule has 0 spiro atoms. The normalized spacial score (nSPS) is 19.7. The van der Waals surface area contributed by atoms with Gasteiger partial charge in [-0.3, -0.25) is 0 Å².